The lowest BCUT2D eigenvalue weighted by Crippen LogP contribution is -2.49. The number of ether oxygens (including phenoxy) is 2. The van der Waals surface area contributed by atoms with Gasteiger partial charge in [0.1, 0.15) is 24.9 Å². The zero-order valence-corrected chi connectivity index (χ0v) is 33.7. The summed E-state index contributed by atoms with van der Waals surface area (Å²) in [7, 11) is 9.04. The van der Waals surface area contributed by atoms with E-state index in [0.29, 0.717) is 62.7 Å². The predicted molar refractivity (Wildman–Crippen MR) is 206 cm³/mol. The summed E-state index contributed by atoms with van der Waals surface area (Å²) in [6.07, 6.45) is 3.59. The Hall–Kier alpha value is -3.04. The van der Waals surface area contributed by atoms with Gasteiger partial charge in [0.25, 0.3) is 0 Å². The van der Waals surface area contributed by atoms with Gasteiger partial charge in [0.2, 0.25) is 29.5 Å². The van der Waals surface area contributed by atoms with E-state index in [1.165, 1.54) is 7.11 Å². The molecule has 0 aromatic rings. The third-order valence-electron chi connectivity index (χ3n) is 8.32. The molecule has 3 atom stereocenters. The molecule has 2 fully saturated rings. The molecule has 0 aromatic heterocycles. The number of nitrogens with two attached hydrogens (primary N) is 1. The van der Waals surface area contributed by atoms with Crippen LogP contribution in [0.1, 0.15) is 71.1 Å². The van der Waals surface area contributed by atoms with Crippen molar-refractivity contribution < 1.29 is 47.8 Å². The van der Waals surface area contributed by atoms with Crippen LogP contribution >= 0.6 is 43.2 Å². The van der Waals surface area contributed by atoms with Crippen LogP contribution in [0.25, 0.3) is 0 Å². The number of carbonyl (C=O) groups excluding carboxylic acids is 8. The van der Waals surface area contributed by atoms with Gasteiger partial charge in [-0.25, -0.2) is 9.59 Å². The number of ketones is 1. The highest BCUT2D eigenvalue weighted by molar-refractivity contribution is 8.93. The monoisotopic (exact) mass is 823 g/mol. The number of hydrogen-bond donors (Lipinski definition) is 6. The Bertz CT molecular complexity index is 1200. The molecule has 2 unspecified atom stereocenters. The van der Waals surface area contributed by atoms with Gasteiger partial charge < -0.3 is 46.7 Å². The molecule has 300 valence electrons. The number of nitrogens with zero attached hydrogens (tertiary/aromatic N) is 1. The van der Waals surface area contributed by atoms with E-state index in [2.05, 4.69) is 36.1 Å². The highest BCUT2D eigenvalue weighted by Gasteiger charge is 2.37. The van der Waals surface area contributed by atoms with Gasteiger partial charge in [-0.05, 0) is 51.9 Å². The van der Waals surface area contributed by atoms with Crippen molar-refractivity contribution in [3.8, 4) is 0 Å². The van der Waals surface area contributed by atoms with Crippen molar-refractivity contribution in [2.75, 3.05) is 53.5 Å². The Morgan fingerprint density at radius 3 is 1.62 bits per heavy atom. The first-order chi connectivity index (χ1) is 25.4. The van der Waals surface area contributed by atoms with Gasteiger partial charge in [-0.3, -0.25) is 28.8 Å². The number of primary amides is 1. The van der Waals surface area contributed by atoms with Crippen molar-refractivity contribution >= 4 is 90.7 Å². The van der Waals surface area contributed by atoms with E-state index in [0.717, 1.165) is 24.9 Å². The van der Waals surface area contributed by atoms with E-state index in [9.17, 15) is 38.4 Å². The number of alkyl carbamates (subject to hydrolysis) is 2. The minimum absolute atomic E-state index is 0.00420. The molecule has 0 saturated carbocycles. The quantitative estimate of drug-likeness (QED) is 0.0375. The van der Waals surface area contributed by atoms with Crippen molar-refractivity contribution in [1.29, 1.82) is 0 Å². The predicted octanol–water partition coefficient (Wildman–Crippen LogP) is 1.89. The number of amides is 7. The largest absolute Gasteiger partial charge is 0.453 e. The molecule has 2 heterocycles. The molecule has 2 rings (SSSR count). The van der Waals surface area contributed by atoms with Gasteiger partial charge in [0.05, 0.1) is 29.3 Å². The lowest BCUT2D eigenvalue weighted by atomic mass is 10.00. The summed E-state index contributed by atoms with van der Waals surface area (Å²) in [6.45, 7) is 1.66. The van der Waals surface area contributed by atoms with Crippen molar-refractivity contribution in [2.45, 2.75) is 86.3 Å². The Kier molecular flexibility index (Phi) is 22.5. The Balaban J connectivity index is 1.88. The van der Waals surface area contributed by atoms with Crippen LogP contribution in [0.2, 0.25) is 0 Å². The van der Waals surface area contributed by atoms with Gasteiger partial charge in [0, 0.05) is 38.5 Å². The van der Waals surface area contributed by atoms with Gasteiger partial charge in [-0.15, -0.1) is 0 Å². The van der Waals surface area contributed by atoms with Crippen LogP contribution in [0, 0.1) is 11.8 Å². The molecule has 0 aromatic carbocycles. The maximum absolute atomic E-state index is 13.3. The lowest BCUT2D eigenvalue weighted by Gasteiger charge is -2.23. The molecule has 21 heteroatoms. The number of hydrogen-bond acceptors (Lipinski definition) is 14. The first-order valence-electron chi connectivity index (χ1n) is 17.5. The fraction of sp³-hybridized carbons (Fsp3) is 0.750. The lowest BCUT2D eigenvalue weighted by molar-refractivity contribution is -0.139. The summed E-state index contributed by atoms with van der Waals surface area (Å²) in [5.74, 6) is -2.43. The third kappa shape index (κ3) is 20.3. The molecule has 2 aliphatic rings. The van der Waals surface area contributed by atoms with Gasteiger partial charge >= 0.3 is 12.2 Å². The smallest absolute Gasteiger partial charge is 0.407 e. The molecule has 2 saturated heterocycles. The summed E-state index contributed by atoms with van der Waals surface area (Å²) in [6, 6.07) is -0.976. The zero-order chi connectivity index (χ0) is 39.2. The highest BCUT2D eigenvalue weighted by atomic mass is 33.2. The topological polar surface area (TPSA) is 244 Å². The van der Waals surface area contributed by atoms with Crippen LogP contribution in [0.3, 0.4) is 0 Å². The number of unbranched alkanes of at least 4 members (excludes halogenated alkanes) is 3. The average Bonchev–Trinajstić information content (AvgIpc) is 4.05. The van der Waals surface area contributed by atoms with Crippen LogP contribution < -0.4 is 32.3 Å². The second-order valence-electron chi connectivity index (χ2n) is 12.4. The average molecular weight is 824 g/mol. The van der Waals surface area contributed by atoms with Crippen molar-refractivity contribution in [3.63, 3.8) is 0 Å². The second kappa shape index (κ2) is 25.9. The van der Waals surface area contributed by atoms with Crippen molar-refractivity contribution in [3.05, 3.63) is 0 Å². The first-order valence-corrected chi connectivity index (χ1v) is 22.1. The minimum atomic E-state index is -0.976. The molecule has 0 aliphatic carbocycles. The minimum Gasteiger partial charge on any atom is -0.453 e. The van der Waals surface area contributed by atoms with E-state index < -0.39 is 41.9 Å². The summed E-state index contributed by atoms with van der Waals surface area (Å²) >= 11 is 0. The molecule has 7 amide bonds. The molecule has 0 radical (unpaired) electrons. The number of carbonyl (C=O) groups is 8. The maximum Gasteiger partial charge on any atom is 0.407 e. The summed E-state index contributed by atoms with van der Waals surface area (Å²) in [5, 5.41) is 13.1. The second-order valence-corrected chi connectivity index (χ2v) is 18.1. The summed E-state index contributed by atoms with van der Waals surface area (Å²) in [4.78, 5) is 99.7. The van der Waals surface area contributed by atoms with E-state index in [4.69, 9.17) is 5.73 Å². The molecular formula is C32H53N7O10S4. The van der Waals surface area contributed by atoms with Crippen LogP contribution in [-0.2, 0) is 38.2 Å². The van der Waals surface area contributed by atoms with E-state index in [1.54, 1.807) is 50.1 Å². The van der Waals surface area contributed by atoms with Crippen LogP contribution in [0.4, 0.5) is 9.59 Å². The molecular weight excluding hydrogens is 771 g/mol. The molecule has 0 spiro atoms. The number of methoxy groups -OCH3 is 2. The Morgan fingerprint density at radius 1 is 0.642 bits per heavy atom. The van der Waals surface area contributed by atoms with E-state index in [1.807, 2.05) is 0 Å². The Morgan fingerprint density at radius 2 is 1.13 bits per heavy atom. The van der Waals surface area contributed by atoms with E-state index in [-0.39, 0.29) is 60.6 Å². The zero-order valence-electron chi connectivity index (χ0n) is 30.4. The van der Waals surface area contributed by atoms with E-state index >= 15 is 0 Å². The molecule has 2 aliphatic heterocycles. The third-order valence-corrected chi connectivity index (χ3v) is 12.9. The number of rotatable bonds is 28. The SMILES string of the molecule is COC(=O)NCCCC[C@@H](NC(=O)OC)C(=O)NCCC(=O)N(CC(=O)NCCCCC(C(C)=O)C1SS1)CC(=O)NCCCCC(C(N)=O)C1SS1. The van der Waals surface area contributed by atoms with Gasteiger partial charge in [-0.1, -0.05) is 56.0 Å². The van der Waals surface area contributed by atoms with Crippen LogP contribution in [0.15, 0.2) is 0 Å². The van der Waals surface area contributed by atoms with Crippen LogP contribution in [0.5, 0.6) is 0 Å². The van der Waals surface area contributed by atoms with Crippen LogP contribution in [-0.4, -0.2) is 121 Å². The summed E-state index contributed by atoms with van der Waals surface area (Å²) < 4.78 is 9.63. The van der Waals surface area contributed by atoms with Gasteiger partial charge in [0.15, 0.2) is 0 Å². The molecule has 53 heavy (non-hydrogen) atoms. The van der Waals surface area contributed by atoms with Crippen molar-refractivity contribution in [2.24, 2.45) is 17.6 Å². The molecule has 17 nitrogen and oxygen atoms in total. The first kappa shape index (κ1) is 46.1. The fourth-order valence-electron chi connectivity index (χ4n) is 5.18. The fourth-order valence-corrected chi connectivity index (χ4v) is 9.04. The Labute approximate surface area is 326 Å². The number of nitrogens with one attached hydrogen (secondary N) is 5. The maximum atomic E-state index is 13.3. The summed E-state index contributed by atoms with van der Waals surface area (Å²) in [5.41, 5.74) is 5.50. The standard InChI is InChI=1S/C32H53N7O10S4/c1-20(40)21(29-50-51-29)10-4-7-14-34-24(41)18-39(19-25(42)35-15-8-5-11-22(27(33)44)30-52-53-30)26(43)13-17-36-28(45)23(38-32(47)49-3)12-6-9-16-37-31(46)48-2/h21-23,29-30H,4-19H2,1-3H3,(H2,33,44)(H,34,41)(H,35,42)(H,36,45)(H,37,46)(H,38,47)/t21?,22?,23-/m1/s1. The van der Waals surface area contributed by atoms with Gasteiger partial charge in [-0.2, -0.15) is 0 Å². The molecule has 7 N–H and O–H groups in total. The van der Waals surface area contributed by atoms with Crippen molar-refractivity contribution in [1.82, 2.24) is 31.5 Å². The highest BCUT2D eigenvalue weighted by Crippen LogP contribution is 2.58. The normalized spacial score (nSPS) is 15.2. The molecule has 0 bridgehead atoms. The number of Topliss-reactive ketones (excluding diaryl/α,β-unsaturated/α-hetero) is 1.